The van der Waals surface area contributed by atoms with Crippen molar-refractivity contribution < 1.29 is 13.2 Å². The van der Waals surface area contributed by atoms with Gasteiger partial charge in [0.2, 0.25) is 0 Å². The zero-order chi connectivity index (χ0) is 15.6. The van der Waals surface area contributed by atoms with Gasteiger partial charge in [0.15, 0.2) is 0 Å². The molecule has 0 radical (unpaired) electrons. The molecule has 0 unspecified atom stereocenters. The normalized spacial score (nSPS) is 11.0. The van der Waals surface area contributed by atoms with E-state index in [1.165, 1.54) is 6.07 Å². The van der Waals surface area contributed by atoms with Crippen molar-refractivity contribution in [3.8, 4) is 6.07 Å². The highest BCUT2D eigenvalue weighted by atomic mass is 35.5. The molecule has 0 aliphatic carbocycles. The Hall–Kier alpha value is -2.19. The molecule has 0 bridgehead atoms. The SMILES string of the molecule is Cc1c(Cl)cccc1Nc1ccc(C(F)(F)F)cc1C#N. The first-order chi connectivity index (χ1) is 9.82. The Balaban J connectivity index is 2.42. The summed E-state index contributed by atoms with van der Waals surface area (Å²) < 4.78 is 37.9. The molecule has 2 aromatic carbocycles. The molecule has 0 fully saturated rings. The lowest BCUT2D eigenvalue weighted by Crippen LogP contribution is -2.06. The van der Waals surface area contributed by atoms with Crippen LogP contribution >= 0.6 is 11.6 Å². The Kier molecular flexibility index (Phi) is 4.10. The minimum atomic E-state index is -4.48. The van der Waals surface area contributed by atoms with Crippen molar-refractivity contribution in [2.75, 3.05) is 5.32 Å². The van der Waals surface area contributed by atoms with Gasteiger partial charge in [-0.15, -0.1) is 0 Å². The number of alkyl halides is 3. The molecular weight excluding hydrogens is 301 g/mol. The van der Waals surface area contributed by atoms with Gasteiger partial charge in [-0.3, -0.25) is 0 Å². The van der Waals surface area contributed by atoms with Gasteiger partial charge in [0.1, 0.15) is 6.07 Å². The fourth-order valence-electron chi connectivity index (χ4n) is 1.81. The van der Waals surface area contributed by atoms with E-state index < -0.39 is 11.7 Å². The van der Waals surface area contributed by atoms with Crippen LogP contribution < -0.4 is 5.32 Å². The summed E-state index contributed by atoms with van der Waals surface area (Å²) in [5, 5.41) is 12.5. The summed E-state index contributed by atoms with van der Waals surface area (Å²) in [4.78, 5) is 0. The summed E-state index contributed by atoms with van der Waals surface area (Å²) in [5.74, 6) is 0. The first-order valence-electron chi connectivity index (χ1n) is 5.96. The van der Waals surface area contributed by atoms with Gasteiger partial charge in [-0.2, -0.15) is 18.4 Å². The van der Waals surface area contributed by atoms with Gasteiger partial charge in [-0.1, -0.05) is 17.7 Å². The minimum absolute atomic E-state index is 0.0794. The van der Waals surface area contributed by atoms with Crippen LogP contribution in [0.15, 0.2) is 36.4 Å². The van der Waals surface area contributed by atoms with E-state index in [4.69, 9.17) is 16.9 Å². The van der Waals surface area contributed by atoms with Gasteiger partial charge in [-0.05, 0) is 42.8 Å². The first kappa shape index (κ1) is 15.2. The maximum absolute atomic E-state index is 12.6. The number of hydrogen-bond donors (Lipinski definition) is 1. The van der Waals surface area contributed by atoms with Crippen LogP contribution in [-0.2, 0) is 6.18 Å². The van der Waals surface area contributed by atoms with E-state index in [1.54, 1.807) is 31.2 Å². The molecule has 21 heavy (non-hydrogen) atoms. The van der Waals surface area contributed by atoms with Crippen LogP contribution in [0.5, 0.6) is 0 Å². The number of hydrogen-bond acceptors (Lipinski definition) is 2. The number of anilines is 2. The smallest absolute Gasteiger partial charge is 0.354 e. The predicted molar refractivity (Wildman–Crippen MR) is 75.6 cm³/mol. The van der Waals surface area contributed by atoms with Crippen LogP contribution in [0.4, 0.5) is 24.5 Å². The third-order valence-corrected chi connectivity index (χ3v) is 3.41. The topological polar surface area (TPSA) is 35.8 Å². The quantitative estimate of drug-likeness (QED) is 0.819. The fraction of sp³-hybridized carbons (Fsp3) is 0.133. The Bertz CT molecular complexity index is 718. The van der Waals surface area contributed by atoms with Crippen LogP contribution in [0.3, 0.4) is 0 Å². The lowest BCUT2D eigenvalue weighted by molar-refractivity contribution is -0.137. The molecular formula is C15H10ClF3N2. The Morgan fingerprint density at radius 2 is 1.86 bits per heavy atom. The fourth-order valence-corrected chi connectivity index (χ4v) is 1.98. The first-order valence-corrected chi connectivity index (χ1v) is 6.34. The van der Waals surface area contributed by atoms with Crippen LogP contribution in [0.2, 0.25) is 5.02 Å². The van der Waals surface area contributed by atoms with Crippen molar-refractivity contribution in [1.82, 2.24) is 0 Å². The lowest BCUT2D eigenvalue weighted by Gasteiger charge is -2.13. The number of rotatable bonds is 2. The minimum Gasteiger partial charge on any atom is -0.354 e. The molecule has 6 heteroatoms. The molecule has 0 aromatic heterocycles. The van der Waals surface area contributed by atoms with Gasteiger partial charge in [-0.25, -0.2) is 0 Å². The number of nitrogens with zero attached hydrogens (tertiary/aromatic N) is 1. The van der Waals surface area contributed by atoms with Gasteiger partial charge in [0.25, 0.3) is 0 Å². The van der Waals surface area contributed by atoms with E-state index in [-0.39, 0.29) is 5.56 Å². The maximum Gasteiger partial charge on any atom is 0.416 e. The summed E-state index contributed by atoms with van der Waals surface area (Å²) >= 11 is 5.99. The molecule has 0 saturated carbocycles. The van der Waals surface area contributed by atoms with E-state index in [0.29, 0.717) is 16.4 Å². The van der Waals surface area contributed by atoms with Crippen LogP contribution in [0.25, 0.3) is 0 Å². The molecule has 2 aromatic rings. The van der Waals surface area contributed by atoms with Gasteiger partial charge in [0.05, 0.1) is 16.8 Å². The largest absolute Gasteiger partial charge is 0.416 e. The molecule has 1 N–H and O–H groups in total. The molecule has 108 valence electrons. The summed E-state index contributed by atoms with van der Waals surface area (Å²) in [7, 11) is 0. The monoisotopic (exact) mass is 310 g/mol. The number of nitriles is 1. The third kappa shape index (κ3) is 3.29. The molecule has 0 saturated heterocycles. The average Bonchev–Trinajstić information content (AvgIpc) is 2.43. The second kappa shape index (κ2) is 5.66. The van der Waals surface area contributed by atoms with Crippen molar-refractivity contribution in [2.24, 2.45) is 0 Å². The molecule has 0 heterocycles. The molecule has 2 rings (SSSR count). The van der Waals surface area contributed by atoms with E-state index >= 15 is 0 Å². The summed E-state index contributed by atoms with van der Waals surface area (Å²) in [5.41, 5.74) is 0.759. The summed E-state index contributed by atoms with van der Waals surface area (Å²) in [6.45, 7) is 1.78. The molecule has 0 spiro atoms. The zero-order valence-corrected chi connectivity index (χ0v) is 11.7. The van der Waals surface area contributed by atoms with E-state index in [2.05, 4.69) is 5.32 Å². The molecule has 0 amide bonds. The second-order valence-electron chi connectivity index (χ2n) is 4.41. The van der Waals surface area contributed by atoms with Gasteiger partial charge >= 0.3 is 6.18 Å². The second-order valence-corrected chi connectivity index (χ2v) is 4.81. The molecule has 2 nitrogen and oxygen atoms in total. The van der Waals surface area contributed by atoms with E-state index in [9.17, 15) is 13.2 Å². The highest BCUT2D eigenvalue weighted by molar-refractivity contribution is 6.31. The highest BCUT2D eigenvalue weighted by Crippen LogP contribution is 2.33. The highest BCUT2D eigenvalue weighted by Gasteiger charge is 2.31. The average molecular weight is 311 g/mol. The van der Waals surface area contributed by atoms with Crippen molar-refractivity contribution in [3.05, 3.63) is 58.1 Å². The van der Waals surface area contributed by atoms with Crippen molar-refractivity contribution >= 4 is 23.0 Å². The van der Waals surface area contributed by atoms with E-state index in [0.717, 1.165) is 17.7 Å². The lowest BCUT2D eigenvalue weighted by atomic mass is 10.1. The molecule has 0 atom stereocenters. The standard InChI is InChI=1S/C15H10ClF3N2/c1-9-12(16)3-2-4-13(9)21-14-6-5-11(15(17,18)19)7-10(14)8-20/h2-7,21H,1H3. The Morgan fingerprint density at radius 1 is 1.14 bits per heavy atom. The van der Waals surface area contributed by atoms with E-state index in [1.807, 2.05) is 0 Å². The third-order valence-electron chi connectivity index (χ3n) is 3.00. The number of benzene rings is 2. The van der Waals surface area contributed by atoms with Crippen LogP contribution in [0.1, 0.15) is 16.7 Å². The van der Waals surface area contributed by atoms with Crippen molar-refractivity contribution in [2.45, 2.75) is 13.1 Å². The molecule has 0 aliphatic heterocycles. The predicted octanol–water partition coefficient (Wildman–Crippen LogP) is 5.28. The zero-order valence-electron chi connectivity index (χ0n) is 10.9. The Labute approximate surface area is 124 Å². The van der Waals surface area contributed by atoms with Gasteiger partial charge in [0, 0.05) is 10.7 Å². The van der Waals surface area contributed by atoms with Crippen molar-refractivity contribution in [3.63, 3.8) is 0 Å². The Morgan fingerprint density at radius 3 is 2.48 bits per heavy atom. The summed E-state index contributed by atoms with van der Waals surface area (Å²) in [6, 6.07) is 9.92. The number of halogens is 4. The summed E-state index contributed by atoms with van der Waals surface area (Å²) in [6.07, 6.45) is -4.48. The van der Waals surface area contributed by atoms with Gasteiger partial charge < -0.3 is 5.32 Å². The molecule has 0 aliphatic rings. The van der Waals surface area contributed by atoms with Crippen LogP contribution in [0, 0.1) is 18.3 Å². The number of nitrogens with one attached hydrogen (secondary N) is 1. The maximum atomic E-state index is 12.6. The van der Waals surface area contributed by atoms with Crippen molar-refractivity contribution in [1.29, 1.82) is 5.26 Å². The van der Waals surface area contributed by atoms with Crippen LogP contribution in [-0.4, -0.2) is 0 Å².